The maximum atomic E-state index is 12.5. The number of hydrogen-bond donors (Lipinski definition) is 1. The molecule has 1 aliphatic heterocycles. The van der Waals surface area contributed by atoms with Gasteiger partial charge in [0, 0.05) is 43.5 Å². The molecule has 4 rings (SSSR count). The Labute approximate surface area is 164 Å². The molecule has 146 valence electrons. The van der Waals surface area contributed by atoms with Crippen LogP contribution in [0.4, 0.5) is 0 Å². The highest BCUT2D eigenvalue weighted by Crippen LogP contribution is 2.21. The first-order chi connectivity index (χ1) is 13.6. The first-order valence-corrected chi connectivity index (χ1v) is 10.9. The van der Waals surface area contributed by atoms with Crippen LogP contribution in [0.5, 0.6) is 0 Å². The molecule has 0 unspecified atom stereocenters. The summed E-state index contributed by atoms with van der Waals surface area (Å²) >= 11 is 0. The molecule has 0 radical (unpaired) electrons. The van der Waals surface area contributed by atoms with Crippen LogP contribution in [-0.4, -0.2) is 42.8 Å². The van der Waals surface area contributed by atoms with E-state index in [4.69, 9.17) is 0 Å². The van der Waals surface area contributed by atoms with Crippen molar-refractivity contribution in [3.8, 4) is 0 Å². The standard InChI is InChI=1S/C21H23N3O3S/c25-21(22-12-16-23-15-11-17-5-1-2-6-20(17)23)18-7-9-19(10-8-18)28(26,27)24-13-3-4-14-24/h1-2,5-11,15H,3-4,12-14,16H2,(H,22,25). The van der Waals surface area contributed by atoms with E-state index in [1.54, 1.807) is 12.1 Å². The molecular formula is C21H23N3O3S. The fraction of sp³-hybridized carbons (Fsp3) is 0.286. The summed E-state index contributed by atoms with van der Waals surface area (Å²) < 4.78 is 28.7. The van der Waals surface area contributed by atoms with Crippen LogP contribution in [0, 0.1) is 0 Å². The maximum absolute atomic E-state index is 12.5. The van der Waals surface area contributed by atoms with Gasteiger partial charge in [0.1, 0.15) is 0 Å². The molecule has 1 aromatic heterocycles. The lowest BCUT2D eigenvalue weighted by Gasteiger charge is -2.15. The number of carbonyl (C=O) groups excluding carboxylic acids is 1. The molecule has 1 N–H and O–H groups in total. The Hall–Kier alpha value is -2.64. The van der Waals surface area contributed by atoms with Crippen molar-refractivity contribution in [1.82, 2.24) is 14.2 Å². The molecule has 6 nitrogen and oxygen atoms in total. The van der Waals surface area contributed by atoms with Crippen LogP contribution in [0.15, 0.2) is 65.7 Å². The molecular weight excluding hydrogens is 374 g/mol. The van der Waals surface area contributed by atoms with Crippen LogP contribution in [0.2, 0.25) is 0 Å². The molecule has 0 bridgehead atoms. The zero-order chi connectivity index (χ0) is 19.6. The van der Waals surface area contributed by atoms with Gasteiger partial charge in [-0.05, 0) is 54.6 Å². The Bertz CT molecular complexity index is 1080. The van der Waals surface area contributed by atoms with Gasteiger partial charge in [-0.15, -0.1) is 0 Å². The minimum absolute atomic E-state index is 0.207. The average molecular weight is 398 g/mol. The van der Waals surface area contributed by atoms with Crippen LogP contribution >= 0.6 is 0 Å². The fourth-order valence-electron chi connectivity index (χ4n) is 3.58. The number of carbonyl (C=O) groups is 1. The van der Waals surface area contributed by atoms with Crippen molar-refractivity contribution in [3.05, 3.63) is 66.4 Å². The first-order valence-electron chi connectivity index (χ1n) is 9.48. The minimum atomic E-state index is -3.45. The topological polar surface area (TPSA) is 71.4 Å². The van der Waals surface area contributed by atoms with E-state index in [-0.39, 0.29) is 10.8 Å². The third-order valence-electron chi connectivity index (χ3n) is 5.14. The summed E-state index contributed by atoms with van der Waals surface area (Å²) in [6.07, 6.45) is 3.81. The molecule has 1 fully saturated rings. The summed E-state index contributed by atoms with van der Waals surface area (Å²) in [5.41, 5.74) is 1.59. The lowest BCUT2D eigenvalue weighted by Crippen LogP contribution is -2.28. The molecule has 0 atom stereocenters. The van der Waals surface area contributed by atoms with Crippen molar-refractivity contribution < 1.29 is 13.2 Å². The van der Waals surface area contributed by atoms with Gasteiger partial charge in [0.2, 0.25) is 10.0 Å². The van der Waals surface area contributed by atoms with Crippen molar-refractivity contribution in [2.24, 2.45) is 0 Å². The largest absolute Gasteiger partial charge is 0.350 e. The maximum Gasteiger partial charge on any atom is 0.251 e. The summed E-state index contributed by atoms with van der Waals surface area (Å²) in [5, 5.41) is 4.07. The van der Waals surface area contributed by atoms with E-state index in [2.05, 4.69) is 28.1 Å². The lowest BCUT2D eigenvalue weighted by atomic mass is 10.2. The van der Waals surface area contributed by atoms with Crippen molar-refractivity contribution in [1.29, 1.82) is 0 Å². The SMILES string of the molecule is O=C(NCCn1ccc2ccccc21)c1ccc(S(=O)(=O)N2CCCC2)cc1. The summed E-state index contributed by atoms with van der Waals surface area (Å²) in [7, 11) is -3.45. The molecule has 1 amide bonds. The fourth-order valence-corrected chi connectivity index (χ4v) is 5.10. The molecule has 1 saturated heterocycles. The Morgan fingerprint density at radius 3 is 2.43 bits per heavy atom. The highest BCUT2D eigenvalue weighted by atomic mass is 32.2. The lowest BCUT2D eigenvalue weighted by molar-refractivity contribution is 0.0952. The van der Waals surface area contributed by atoms with Crippen LogP contribution in [0.25, 0.3) is 10.9 Å². The van der Waals surface area contributed by atoms with E-state index in [0.717, 1.165) is 18.4 Å². The molecule has 0 saturated carbocycles. The number of para-hydroxylation sites is 1. The van der Waals surface area contributed by atoms with Gasteiger partial charge in [-0.25, -0.2) is 8.42 Å². The predicted octanol–water partition coefficient (Wildman–Crippen LogP) is 2.86. The Balaban J connectivity index is 1.37. The summed E-state index contributed by atoms with van der Waals surface area (Å²) in [6, 6.07) is 16.3. The molecule has 2 aromatic carbocycles. The Morgan fingerprint density at radius 1 is 0.964 bits per heavy atom. The van der Waals surface area contributed by atoms with Gasteiger partial charge in [-0.1, -0.05) is 18.2 Å². The van der Waals surface area contributed by atoms with Crippen molar-refractivity contribution in [2.75, 3.05) is 19.6 Å². The van der Waals surface area contributed by atoms with Crippen LogP contribution < -0.4 is 5.32 Å². The first kappa shape index (κ1) is 18.7. The van der Waals surface area contributed by atoms with Gasteiger partial charge in [0.15, 0.2) is 0 Å². The van der Waals surface area contributed by atoms with Crippen LogP contribution in [0.1, 0.15) is 23.2 Å². The van der Waals surface area contributed by atoms with E-state index >= 15 is 0 Å². The average Bonchev–Trinajstić information content (AvgIpc) is 3.39. The number of nitrogens with zero attached hydrogens (tertiary/aromatic N) is 2. The molecule has 0 spiro atoms. The van der Waals surface area contributed by atoms with E-state index < -0.39 is 10.0 Å². The number of sulfonamides is 1. The molecule has 3 aromatic rings. The minimum Gasteiger partial charge on any atom is -0.350 e. The smallest absolute Gasteiger partial charge is 0.251 e. The number of fused-ring (bicyclic) bond motifs is 1. The zero-order valence-electron chi connectivity index (χ0n) is 15.5. The summed E-state index contributed by atoms with van der Waals surface area (Å²) in [6.45, 7) is 2.29. The molecule has 0 aliphatic carbocycles. The van der Waals surface area contributed by atoms with Gasteiger partial charge < -0.3 is 9.88 Å². The van der Waals surface area contributed by atoms with Crippen LogP contribution in [-0.2, 0) is 16.6 Å². The normalized spacial score (nSPS) is 15.1. The number of nitrogens with one attached hydrogen (secondary N) is 1. The molecule has 28 heavy (non-hydrogen) atoms. The number of hydrogen-bond acceptors (Lipinski definition) is 3. The van der Waals surface area contributed by atoms with Gasteiger partial charge in [0.05, 0.1) is 4.90 Å². The van der Waals surface area contributed by atoms with Crippen molar-refractivity contribution in [3.63, 3.8) is 0 Å². The summed E-state index contributed by atoms with van der Waals surface area (Å²) in [5.74, 6) is -0.207. The third-order valence-corrected chi connectivity index (χ3v) is 7.05. The predicted molar refractivity (Wildman–Crippen MR) is 109 cm³/mol. The number of rotatable bonds is 6. The number of aromatic nitrogens is 1. The van der Waals surface area contributed by atoms with E-state index in [0.29, 0.717) is 31.7 Å². The molecule has 2 heterocycles. The summed E-state index contributed by atoms with van der Waals surface area (Å²) in [4.78, 5) is 12.6. The van der Waals surface area contributed by atoms with Gasteiger partial charge in [-0.3, -0.25) is 4.79 Å². The third kappa shape index (κ3) is 3.68. The van der Waals surface area contributed by atoms with Gasteiger partial charge >= 0.3 is 0 Å². The molecule has 1 aliphatic rings. The quantitative estimate of drug-likeness (QED) is 0.695. The highest BCUT2D eigenvalue weighted by Gasteiger charge is 2.27. The second-order valence-electron chi connectivity index (χ2n) is 6.96. The Morgan fingerprint density at radius 2 is 1.68 bits per heavy atom. The van der Waals surface area contributed by atoms with Gasteiger partial charge in [-0.2, -0.15) is 4.31 Å². The highest BCUT2D eigenvalue weighted by molar-refractivity contribution is 7.89. The van der Waals surface area contributed by atoms with E-state index in [1.807, 2.05) is 18.3 Å². The number of amides is 1. The second kappa shape index (κ2) is 7.77. The zero-order valence-corrected chi connectivity index (χ0v) is 16.4. The van der Waals surface area contributed by atoms with Gasteiger partial charge in [0.25, 0.3) is 5.91 Å². The van der Waals surface area contributed by atoms with Crippen LogP contribution in [0.3, 0.4) is 0 Å². The monoisotopic (exact) mass is 397 g/mol. The van der Waals surface area contributed by atoms with E-state index in [9.17, 15) is 13.2 Å². The van der Waals surface area contributed by atoms with Crippen molar-refractivity contribution in [2.45, 2.75) is 24.3 Å². The van der Waals surface area contributed by atoms with Crippen molar-refractivity contribution >= 4 is 26.8 Å². The second-order valence-corrected chi connectivity index (χ2v) is 8.90. The molecule has 7 heteroatoms. The van der Waals surface area contributed by atoms with E-state index in [1.165, 1.54) is 21.8 Å². The number of benzene rings is 2. The Kier molecular flexibility index (Phi) is 5.19.